The van der Waals surface area contributed by atoms with Gasteiger partial charge in [-0.3, -0.25) is 10.1 Å². The third-order valence-electron chi connectivity index (χ3n) is 1.87. The van der Waals surface area contributed by atoms with Crippen LogP contribution in [-0.2, 0) is 6.18 Å². The van der Waals surface area contributed by atoms with Crippen molar-refractivity contribution in [1.29, 1.82) is 0 Å². The zero-order valence-electron chi connectivity index (χ0n) is 7.63. The normalized spacial score (nSPS) is 11.5. The van der Waals surface area contributed by atoms with Gasteiger partial charge in [0.15, 0.2) is 0 Å². The lowest BCUT2D eigenvalue weighted by Gasteiger charge is -2.10. The van der Waals surface area contributed by atoms with Crippen molar-refractivity contribution < 1.29 is 18.1 Å². The summed E-state index contributed by atoms with van der Waals surface area (Å²) < 4.78 is 36.9. The summed E-state index contributed by atoms with van der Waals surface area (Å²) in [5.74, 6) is 0. The van der Waals surface area contributed by atoms with Gasteiger partial charge in [0.05, 0.1) is 16.2 Å². The first-order valence-electron chi connectivity index (χ1n) is 3.85. The smallest absolute Gasteiger partial charge is 0.398 e. The first-order chi connectivity index (χ1) is 6.73. The second-order valence-electron chi connectivity index (χ2n) is 2.98. The van der Waals surface area contributed by atoms with Gasteiger partial charge in [-0.25, -0.2) is 0 Å². The maximum atomic E-state index is 12.3. The number of aryl methyl sites for hydroxylation is 1. The second kappa shape index (κ2) is 3.41. The molecule has 0 amide bonds. The highest BCUT2D eigenvalue weighted by Gasteiger charge is 2.34. The summed E-state index contributed by atoms with van der Waals surface area (Å²) in [6.07, 6.45) is -4.59. The van der Waals surface area contributed by atoms with Crippen LogP contribution in [0.3, 0.4) is 0 Å². The van der Waals surface area contributed by atoms with Gasteiger partial charge >= 0.3 is 6.18 Å². The number of alkyl halides is 3. The number of halogens is 3. The molecule has 0 saturated heterocycles. The molecule has 0 fully saturated rings. The molecule has 0 aromatic heterocycles. The molecule has 15 heavy (non-hydrogen) atoms. The predicted octanol–water partition coefficient (Wildman–Crippen LogP) is 2.50. The Labute approximate surface area is 82.7 Å². The molecule has 0 unspecified atom stereocenters. The van der Waals surface area contributed by atoms with Gasteiger partial charge in [0.25, 0.3) is 5.69 Å². The number of anilines is 1. The van der Waals surface area contributed by atoms with Crippen LogP contribution in [0.2, 0.25) is 0 Å². The minimum Gasteiger partial charge on any atom is -0.398 e. The van der Waals surface area contributed by atoms with Gasteiger partial charge in [0.1, 0.15) is 0 Å². The van der Waals surface area contributed by atoms with Crippen LogP contribution in [0.1, 0.15) is 11.1 Å². The molecule has 0 aliphatic carbocycles. The molecule has 1 aromatic carbocycles. The molecule has 0 aliphatic rings. The summed E-state index contributed by atoms with van der Waals surface area (Å²) in [7, 11) is 0. The number of nitrogen functional groups attached to an aromatic ring is 1. The second-order valence-corrected chi connectivity index (χ2v) is 2.98. The summed E-state index contributed by atoms with van der Waals surface area (Å²) >= 11 is 0. The zero-order chi connectivity index (χ0) is 11.8. The lowest BCUT2D eigenvalue weighted by atomic mass is 10.1. The van der Waals surface area contributed by atoms with E-state index in [0.29, 0.717) is 6.07 Å². The van der Waals surface area contributed by atoms with Gasteiger partial charge in [-0.2, -0.15) is 13.2 Å². The molecule has 82 valence electrons. The van der Waals surface area contributed by atoms with Crippen molar-refractivity contribution in [2.24, 2.45) is 0 Å². The van der Waals surface area contributed by atoms with E-state index in [9.17, 15) is 23.3 Å². The molecular formula is C8H7F3N2O2. The van der Waals surface area contributed by atoms with Crippen molar-refractivity contribution in [2.75, 3.05) is 5.73 Å². The molecule has 4 nitrogen and oxygen atoms in total. The Balaban J connectivity index is 3.39. The average molecular weight is 220 g/mol. The first-order valence-corrected chi connectivity index (χ1v) is 3.85. The van der Waals surface area contributed by atoms with E-state index in [-0.39, 0.29) is 5.56 Å². The Morgan fingerprint density at radius 2 is 1.93 bits per heavy atom. The van der Waals surface area contributed by atoms with Gasteiger partial charge in [-0.05, 0) is 13.0 Å². The molecule has 1 rings (SSSR count). The number of nitro benzene ring substituents is 1. The van der Waals surface area contributed by atoms with Crippen LogP contribution in [0.5, 0.6) is 0 Å². The van der Waals surface area contributed by atoms with Gasteiger partial charge in [0.2, 0.25) is 0 Å². The van der Waals surface area contributed by atoms with Crippen molar-refractivity contribution in [3.8, 4) is 0 Å². The van der Waals surface area contributed by atoms with Crippen LogP contribution < -0.4 is 5.73 Å². The standard InChI is InChI=1S/C8H7F3N2O2/c1-4-2-5(8(9,10)11)6(12)3-7(4)13(14)15/h2-3H,12H2,1H3. The van der Waals surface area contributed by atoms with E-state index in [4.69, 9.17) is 5.73 Å². The number of nitrogens with zero attached hydrogens (tertiary/aromatic N) is 1. The highest BCUT2D eigenvalue weighted by Crippen LogP contribution is 2.36. The first kappa shape index (κ1) is 11.3. The molecule has 0 saturated carbocycles. The summed E-state index contributed by atoms with van der Waals surface area (Å²) in [4.78, 5) is 9.63. The Morgan fingerprint density at radius 3 is 2.33 bits per heavy atom. The zero-order valence-corrected chi connectivity index (χ0v) is 7.63. The fraction of sp³-hybridized carbons (Fsp3) is 0.250. The number of hydrogen-bond acceptors (Lipinski definition) is 3. The lowest BCUT2D eigenvalue weighted by molar-refractivity contribution is -0.385. The van der Waals surface area contributed by atoms with Gasteiger partial charge in [-0.1, -0.05) is 0 Å². The number of benzene rings is 1. The maximum absolute atomic E-state index is 12.3. The lowest BCUT2D eigenvalue weighted by Crippen LogP contribution is -2.10. The topological polar surface area (TPSA) is 69.2 Å². The third kappa shape index (κ3) is 2.17. The van der Waals surface area contributed by atoms with E-state index < -0.39 is 28.0 Å². The Hall–Kier alpha value is -1.79. The number of nitro groups is 1. The summed E-state index contributed by atoms with van der Waals surface area (Å²) in [5.41, 5.74) is 2.92. The maximum Gasteiger partial charge on any atom is 0.418 e. The molecular weight excluding hydrogens is 213 g/mol. The predicted molar refractivity (Wildman–Crippen MR) is 47.2 cm³/mol. The average Bonchev–Trinajstić information content (AvgIpc) is 2.06. The summed E-state index contributed by atoms with van der Waals surface area (Å²) in [5, 5.41) is 10.4. The van der Waals surface area contributed by atoms with Crippen molar-refractivity contribution in [3.63, 3.8) is 0 Å². The van der Waals surface area contributed by atoms with E-state index in [1.807, 2.05) is 0 Å². The van der Waals surface area contributed by atoms with Crippen molar-refractivity contribution in [2.45, 2.75) is 13.1 Å². The van der Waals surface area contributed by atoms with Crippen molar-refractivity contribution >= 4 is 11.4 Å². The third-order valence-corrected chi connectivity index (χ3v) is 1.87. The molecule has 0 bridgehead atoms. The molecule has 0 radical (unpaired) electrons. The molecule has 0 heterocycles. The molecule has 0 aliphatic heterocycles. The fourth-order valence-electron chi connectivity index (χ4n) is 1.15. The van der Waals surface area contributed by atoms with Crippen LogP contribution in [0.4, 0.5) is 24.5 Å². The van der Waals surface area contributed by atoms with Crippen LogP contribution in [0, 0.1) is 17.0 Å². The van der Waals surface area contributed by atoms with Crippen LogP contribution in [-0.4, -0.2) is 4.92 Å². The monoisotopic (exact) mass is 220 g/mol. The van der Waals surface area contributed by atoms with E-state index in [1.165, 1.54) is 6.92 Å². The molecule has 0 spiro atoms. The van der Waals surface area contributed by atoms with E-state index >= 15 is 0 Å². The van der Waals surface area contributed by atoms with E-state index in [2.05, 4.69) is 0 Å². The summed E-state index contributed by atoms with van der Waals surface area (Å²) in [6, 6.07) is 1.39. The van der Waals surface area contributed by atoms with Gasteiger partial charge in [0, 0.05) is 11.6 Å². The quantitative estimate of drug-likeness (QED) is 0.449. The van der Waals surface area contributed by atoms with Gasteiger partial charge in [-0.15, -0.1) is 0 Å². The number of rotatable bonds is 1. The summed E-state index contributed by atoms with van der Waals surface area (Å²) in [6.45, 7) is 1.23. The largest absolute Gasteiger partial charge is 0.418 e. The van der Waals surface area contributed by atoms with Gasteiger partial charge < -0.3 is 5.73 Å². The number of hydrogen-bond donors (Lipinski definition) is 1. The highest BCUT2D eigenvalue weighted by molar-refractivity contribution is 5.58. The van der Waals surface area contributed by atoms with Crippen LogP contribution >= 0.6 is 0 Å². The molecule has 7 heteroatoms. The number of nitrogens with two attached hydrogens (primary N) is 1. The Bertz CT molecular complexity index is 415. The molecule has 2 N–H and O–H groups in total. The van der Waals surface area contributed by atoms with Crippen LogP contribution in [0.15, 0.2) is 12.1 Å². The fourth-order valence-corrected chi connectivity index (χ4v) is 1.15. The minimum absolute atomic E-state index is 0.0680. The van der Waals surface area contributed by atoms with E-state index in [1.54, 1.807) is 0 Å². The Morgan fingerprint density at radius 1 is 1.40 bits per heavy atom. The minimum atomic E-state index is -4.59. The molecule has 1 aromatic rings. The molecule has 0 atom stereocenters. The van der Waals surface area contributed by atoms with Crippen molar-refractivity contribution in [1.82, 2.24) is 0 Å². The highest BCUT2D eigenvalue weighted by atomic mass is 19.4. The SMILES string of the molecule is Cc1cc(C(F)(F)F)c(N)cc1[N+](=O)[O-]. The van der Waals surface area contributed by atoms with Crippen molar-refractivity contribution in [3.05, 3.63) is 33.4 Å². The Kier molecular flexibility index (Phi) is 2.57. The van der Waals surface area contributed by atoms with E-state index in [0.717, 1.165) is 6.07 Å². The van der Waals surface area contributed by atoms with Crippen LogP contribution in [0.25, 0.3) is 0 Å².